The summed E-state index contributed by atoms with van der Waals surface area (Å²) in [4.78, 5) is 35.6. The van der Waals surface area contributed by atoms with Gasteiger partial charge in [0.05, 0.1) is 0 Å². The molecule has 0 unspecified atom stereocenters. The van der Waals surface area contributed by atoms with Gasteiger partial charge in [-0.2, -0.15) is 11.3 Å². The third-order valence-corrected chi connectivity index (χ3v) is 3.74. The average molecular weight is 356 g/mol. The number of aliphatic carboxylic acids is 1. The molecule has 1 aromatic rings. The number of carboxylic acids is 1. The molecule has 2 amide bonds. The monoisotopic (exact) mass is 356 g/mol. The van der Waals surface area contributed by atoms with E-state index < -0.39 is 35.2 Å². The number of carboxylic acid groups (broad SMARTS) is 1. The number of carbonyl (C=O) groups is 3. The summed E-state index contributed by atoms with van der Waals surface area (Å²) in [7, 11) is 0. The Kier molecular flexibility index (Phi) is 6.36. The van der Waals surface area contributed by atoms with E-state index in [9.17, 15) is 19.5 Å². The Morgan fingerprint density at radius 2 is 1.88 bits per heavy atom. The Bertz CT molecular complexity index is 590. The Morgan fingerprint density at radius 1 is 1.25 bits per heavy atom. The van der Waals surface area contributed by atoms with Gasteiger partial charge in [-0.15, -0.1) is 0 Å². The van der Waals surface area contributed by atoms with Crippen molar-refractivity contribution in [3.05, 3.63) is 22.4 Å². The van der Waals surface area contributed by atoms with Crippen molar-refractivity contribution in [3.8, 4) is 0 Å². The van der Waals surface area contributed by atoms with E-state index in [1.165, 1.54) is 25.2 Å². The number of nitrogens with one attached hydrogen (secondary N) is 2. The fraction of sp³-hybridized carbons (Fsp3) is 0.562. The number of ether oxygens (including phenoxy) is 1. The second-order valence-corrected chi connectivity index (χ2v) is 7.73. The van der Waals surface area contributed by atoms with E-state index in [2.05, 4.69) is 10.6 Å². The molecule has 0 spiro atoms. The fourth-order valence-corrected chi connectivity index (χ4v) is 2.48. The highest BCUT2D eigenvalue weighted by molar-refractivity contribution is 7.07. The first-order valence-electron chi connectivity index (χ1n) is 7.47. The molecule has 134 valence electrons. The maximum absolute atomic E-state index is 12.4. The van der Waals surface area contributed by atoms with Gasteiger partial charge >= 0.3 is 12.1 Å². The molecule has 0 radical (unpaired) electrons. The molecule has 7 nitrogen and oxygen atoms in total. The summed E-state index contributed by atoms with van der Waals surface area (Å²) in [6.07, 6.45) is -0.569. The normalized spacial score (nSPS) is 13.0. The van der Waals surface area contributed by atoms with E-state index in [-0.39, 0.29) is 6.42 Å². The van der Waals surface area contributed by atoms with Crippen molar-refractivity contribution in [2.45, 2.75) is 58.2 Å². The summed E-state index contributed by atoms with van der Waals surface area (Å²) in [5.41, 5.74) is -1.19. The Balaban J connectivity index is 2.71. The van der Waals surface area contributed by atoms with Crippen LogP contribution in [0, 0.1) is 0 Å². The van der Waals surface area contributed by atoms with Gasteiger partial charge in [0, 0.05) is 6.42 Å². The van der Waals surface area contributed by atoms with Crippen molar-refractivity contribution in [1.29, 1.82) is 0 Å². The minimum absolute atomic E-state index is 0.174. The minimum atomic E-state index is -1.31. The lowest BCUT2D eigenvalue weighted by Crippen LogP contribution is -2.58. The Morgan fingerprint density at radius 3 is 2.33 bits per heavy atom. The number of amides is 2. The Hall–Kier alpha value is -2.09. The lowest BCUT2D eigenvalue weighted by atomic mass is 10.0. The number of carbonyl (C=O) groups excluding carboxylic acids is 2. The van der Waals surface area contributed by atoms with Crippen LogP contribution in [0.4, 0.5) is 4.79 Å². The standard InChI is InChI=1S/C16H24N2O5S/c1-15(2,3)23-14(22)18-16(4,5)13(21)17-11(12(19)20)8-10-6-7-24-9-10/h6-7,9,11H,8H2,1-5H3,(H,17,21)(H,18,22)(H,19,20)/t11-/m1/s1. The molecule has 24 heavy (non-hydrogen) atoms. The van der Waals surface area contributed by atoms with Gasteiger partial charge in [0.1, 0.15) is 17.2 Å². The van der Waals surface area contributed by atoms with Gasteiger partial charge in [0.2, 0.25) is 5.91 Å². The second kappa shape index (κ2) is 7.65. The van der Waals surface area contributed by atoms with E-state index >= 15 is 0 Å². The highest BCUT2D eigenvalue weighted by atomic mass is 32.1. The van der Waals surface area contributed by atoms with Gasteiger partial charge in [0.25, 0.3) is 0 Å². The van der Waals surface area contributed by atoms with Gasteiger partial charge in [0.15, 0.2) is 0 Å². The van der Waals surface area contributed by atoms with Crippen LogP contribution in [-0.2, 0) is 20.7 Å². The first-order chi connectivity index (χ1) is 10.9. The number of thiophene rings is 1. The van der Waals surface area contributed by atoms with Gasteiger partial charge in [-0.05, 0) is 57.0 Å². The molecule has 0 bridgehead atoms. The highest BCUT2D eigenvalue weighted by Crippen LogP contribution is 2.12. The van der Waals surface area contributed by atoms with Gasteiger partial charge in [-0.3, -0.25) is 4.79 Å². The molecule has 3 N–H and O–H groups in total. The molecule has 0 aliphatic rings. The van der Waals surface area contributed by atoms with E-state index in [1.54, 1.807) is 26.8 Å². The zero-order chi connectivity index (χ0) is 18.5. The van der Waals surface area contributed by atoms with Crippen LogP contribution in [0.3, 0.4) is 0 Å². The molecular formula is C16H24N2O5S. The van der Waals surface area contributed by atoms with Crippen molar-refractivity contribution in [1.82, 2.24) is 10.6 Å². The predicted molar refractivity (Wildman–Crippen MR) is 91.0 cm³/mol. The largest absolute Gasteiger partial charge is 0.480 e. The summed E-state index contributed by atoms with van der Waals surface area (Å²) in [6, 6.07) is 0.725. The van der Waals surface area contributed by atoms with Crippen LogP contribution in [-0.4, -0.2) is 40.3 Å². The van der Waals surface area contributed by atoms with Crippen LogP contribution in [0.25, 0.3) is 0 Å². The molecule has 1 heterocycles. The maximum atomic E-state index is 12.4. The summed E-state index contributed by atoms with van der Waals surface area (Å²) >= 11 is 1.45. The Labute approximate surface area is 145 Å². The fourth-order valence-electron chi connectivity index (χ4n) is 1.80. The smallest absolute Gasteiger partial charge is 0.408 e. The molecule has 1 rings (SSSR count). The number of rotatable bonds is 6. The van der Waals surface area contributed by atoms with Crippen LogP contribution in [0.1, 0.15) is 40.2 Å². The summed E-state index contributed by atoms with van der Waals surface area (Å²) in [5.74, 6) is -1.74. The van der Waals surface area contributed by atoms with Gasteiger partial charge < -0.3 is 20.5 Å². The summed E-state index contributed by atoms with van der Waals surface area (Å²) in [5, 5.41) is 17.9. The van der Waals surface area contributed by atoms with E-state index in [4.69, 9.17) is 4.74 Å². The van der Waals surface area contributed by atoms with Crippen molar-refractivity contribution in [2.75, 3.05) is 0 Å². The van der Waals surface area contributed by atoms with Crippen molar-refractivity contribution < 1.29 is 24.2 Å². The average Bonchev–Trinajstić information content (AvgIpc) is 2.87. The zero-order valence-electron chi connectivity index (χ0n) is 14.5. The molecule has 0 saturated heterocycles. The number of hydrogen-bond donors (Lipinski definition) is 3. The van der Waals surface area contributed by atoms with Crippen LogP contribution in [0.15, 0.2) is 16.8 Å². The number of hydrogen-bond acceptors (Lipinski definition) is 5. The molecule has 0 aliphatic heterocycles. The first kappa shape index (κ1) is 20.0. The van der Waals surface area contributed by atoms with Crippen LogP contribution < -0.4 is 10.6 Å². The number of alkyl carbamates (subject to hydrolysis) is 1. The molecule has 1 aromatic heterocycles. The molecule has 0 fully saturated rings. The van der Waals surface area contributed by atoms with E-state index in [0.29, 0.717) is 0 Å². The molecule has 0 saturated carbocycles. The van der Waals surface area contributed by atoms with Crippen LogP contribution in [0.2, 0.25) is 0 Å². The van der Waals surface area contributed by atoms with Crippen LogP contribution in [0.5, 0.6) is 0 Å². The topological polar surface area (TPSA) is 105 Å². The second-order valence-electron chi connectivity index (χ2n) is 6.95. The zero-order valence-corrected chi connectivity index (χ0v) is 15.3. The summed E-state index contributed by atoms with van der Waals surface area (Å²) < 4.78 is 5.12. The minimum Gasteiger partial charge on any atom is -0.480 e. The van der Waals surface area contributed by atoms with Gasteiger partial charge in [-0.1, -0.05) is 0 Å². The lowest BCUT2D eigenvalue weighted by molar-refractivity contribution is -0.142. The van der Waals surface area contributed by atoms with Crippen LogP contribution >= 0.6 is 11.3 Å². The molecule has 0 aliphatic carbocycles. The third kappa shape index (κ3) is 6.57. The molecular weight excluding hydrogens is 332 g/mol. The molecule has 8 heteroatoms. The SMILES string of the molecule is CC(C)(C)OC(=O)NC(C)(C)C(=O)N[C@H](Cc1ccsc1)C(=O)O. The molecule has 0 aromatic carbocycles. The lowest BCUT2D eigenvalue weighted by Gasteiger charge is -2.28. The van der Waals surface area contributed by atoms with Crippen molar-refractivity contribution >= 4 is 29.3 Å². The van der Waals surface area contributed by atoms with E-state index in [1.807, 2.05) is 10.8 Å². The molecule has 1 atom stereocenters. The maximum Gasteiger partial charge on any atom is 0.408 e. The van der Waals surface area contributed by atoms with Crippen molar-refractivity contribution in [3.63, 3.8) is 0 Å². The predicted octanol–water partition coefficient (Wildman–Crippen LogP) is 2.16. The van der Waals surface area contributed by atoms with Gasteiger partial charge in [-0.25, -0.2) is 9.59 Å². The first-order valence-corrected chi connectivity index (χ1v) is 8.41. The quantitative estimate of drug-likeness (QED) is 0.724. The third-order valence-electron chi connectivity index (χ3n) is 3.00. The highest BCUT2D eigenvalue weighted by Gasteiger charge is 2.34. The summed E-state index contributed by atoms with van der Waals surface area (Å²) in [6.45, 7) is 8.09. The van der Waals surface area contributed by atoms with E-state index in [0.717, 1.165) is 5.56 Å². The van der Waals surface area contributed by atoms with Crippen molar-refractivity contribution in [2.24, 2.45) is 0 Å².